The van der Waals surface area contributed by atoms with Gasteiger partial charge >= 0.3 is 0 Å². The van der Waals surface area contributed by atoms with Crippen LogP contribution in [0.5, 0.6) is 23.0 Å². The van der Waals surface area contributed by atoms with E-state index in [1.165, 1.54) is 0 Å². The van der Waals surface area contributed by atoms with Gasteiger partial charge in [-0.25, -0.2) is 0 Å². The maximum atomic E-state index is 15.9. The lowest BCUT2D eigenvalue weighted by Crippen LogP contribution is -2.26. The van der Waals surface area contributed by atoms with Crippen LogP contribution in [-0.4, -0.2) is 0 Å². The molecule has 3 nitrogen and oxygen atoms in total. The Morgan fingerprint density at radius 3 is 1.37 bits per heavy atom. The molecule has 4 heteroatoms. The van der Waals surface area contributed by atoms with Crippen LogP contribution in [-0.2, 0) is 4.57 Å². The van der Waals surface area contributed by atoms with E-state index in [1.807, 2.05) is 103 Å². The molecule has 0 amide bonds. The van der Waals surface area contributed by atoms with Crippen molar-refractivity contribution in [2.45, 2.75) is 0 Å². The Morgan fingerprint density at radius 2 is 0.826 bits per heavy atom. The molecule has 8 aromatic rings. The zero-order valence-corrected chi connectivity index (χ0v) is 25.7. The van der Waals surface area contributed by atoms with E-state index in [4.69, 9.17) is 9.47 Å². The van der Waals surface area contributed by atoms with Crippen LogP contribution in [0.3, 0.4) is 0 Å². The summed E-state index contributed by atoms with van der Waals surface area (Å²) in [7, 11) is -3.30. The molecule has 0 fully saturated rings. The number of fused-ring (bicyclic) bond motifs is 5. The lowest BCUT2D eigenvalue weighted by molar-refractivity contribution is 0.360. The summed E-state index contributed by atoms with van der Waals surface area (Å²) in [5.74, 6) is 2.74. The second-order valence-corrected chi connectivity index (χ2v) is 14.3. The van der Waals surface area contributed by atoms with Gasteiger partial charge in [-0.3, -0.25) is 0 Å². The van der Waals surface area contributed by atoms with Crippen molar-refractivity contribution in [1.82, 2.24) is 0 Å². The van der Waals surface area contributed by atoms with E-state index in [2.05, 4.69) is 60.7 Å². The van der Waals surface area contributed by atoms with Crippen molar-refractivity contribution in [2.75, 3.05) is 0 Å². The van der Waals surface area contributed by atoms with Crippen molar-refractivity contribution in [3.8, 4) is 34.1 Å². The van der Waals surface area contributed by atoms with E-state index < -0.39 is 7.14 Å². The van der Waals surface area contributed by atoms with Crippen molar-refractivity contribution < 1.29 is 14.0 Å². The van der Waals surface area contributed by atoms with Gasteiger partial charge in [0.2, 0.25) is 0 Å². The smallest absolute Gasteiger partial charge is 0.172 e. The molecule has 46 heavy (non-hydrogen) atoms. The normalized spacial score (nSPS) is 12.3. The SMILES string of the molecule is O=P(c1ccccc1)(c1ccccc1)c1c2ccccc2c(-c2ccc3c(c2)Oc2cc4ccccc4cc2O3)c2ccccc12. The van der Waals surface area contributed by atoms with Crippen LogP contribution in [0.25, 0.3) is 43.4 Å². The summed E-state index contributed by atoms with van der Waals surface area (Å²) in [6.07, 6.45) is 0. The topological polar surface area (TPSA) is 35.5 Å². The highest BCUT2D eigenvalue weighted by Crippen LogP contribution is 2.51. The summed E-state index contributed by atoms with van der Waals surface area (Å²) in [6, 6.07) is 54.9. The van der Waals surface area contributed by atoms with Crippen LogP contribution < -0.4 is 25.4 Å². The average molecular weight is 611 g/mol. The van der Waals surface area contributed by atoms with Crippen molar-refractivity contribution in [1.29, 1.82) is 0 Å². The average Bonchev–Trinajstić information content (AvgIpc) is 3.12. The standard InChI is InChI=1S/C42H27O3P/c43-46(31-15-3-1-4-16-31,32-17-5-2-6-18-32)42-35-21-11-9-19-33(35)41(34-20-10-12-22-36(34)42)30-23-24-37-38(27-30)45-40-26-29-14-8-7-13-28(29)25-39(40)44-37/h1-27H. The van der Waals surface area contributed by atoms with E-state index in [9.17, 15) is 0 Å². The van der Waals surface area contributed by atoms with E-state index in [0.29, 0.717) is 23.0 Å². The van der Waals surface area contributed by atoms with Gasteiger partial charge in [0.15, 0.2) is 30.1 Å². The maximum absolute atomic E-state index is 15.9. The number of ether oxygens (including phenoxy) is 2. The number of hydrogen-bond acceptors (Lipinski definition) is 3. The third-order valence-electron chi connectivity index (χ3n) is 8.94. The minimum absolute atomic E-state index is 0.664. The van der Waals surface area contributed by atoms with Crippen molar-refractivity contribution in [3.05, 3.63) is 164 Å². The molecule has 0 saturated heterocycles. The predicted octanol–water partition coefficient (Wildman–Crippen LogP) is 10.4. The zero-order chi connectivity index (χ0) is 30.7. The van der Waals surface area contributed by atoms with Crippen molar-refractivity contribution >= 4 is 55.4 Å². The monoisotopic (exact) mass is 610 g/mol. The lowest BCUT2D eigenvalue weighted by atomic mass is 9.91. The van der Waals surface area contributed by atoms with Gasteiger partial charge in [0.25, 0.3) is 0 Å². The molecular weight excluding hydrogens is 583 g/mol. The minimum Gasteiger partial charge on any atom is -0.449 e. The molecule has 218 valence electrons. The van der Waals surface area contributed by atoms with Gasteiger partial charge in [-0.05, 0) is 67.7 Å². The second kappa shape index (κ2) is 10.5. The molecule has 0 saturated carbocycles. The lowest BCUT2D eigenvalue weighted by Gasteiger charge is -2.26. The minimum atomic E-state index is -3.30. The van der Waals surface area contributed by atoms with Crippen LogP contribution in [0.2, 0.25) is 0 Å². The quantitative estimate of drug-likeness (QED) is 0.147. The Labute approximate surface area is 266 Å². The van der Waals surface area contributed by atoms with E-state index in [-0.39, 0.29) is 0 Å². The molecule has 0 radical (unpaired) electrons. The van der Waals surface area contributed by atoms with Gasteiger partial charge in [-0.15, -0.1) is 0 Å². The van der Waals surface area contributed by atoms with Gasteiger partial charge in [-0.1, -0.05) is 140 Å². The van der Waals surface area contributed by atoms with Crippen LogP contribution >= 0.6 is 7.14 Å². The Hall–Kier alpha value is -5.63. The van der Waals surface area contributed by atoms with E-state index in [0.717, 1.165) is 59.4 Å². The van der Waals surface area contributed by atoms with Crippen molar-refractivity contribution in [3.63, 3.8) is 0 Å². The molecule has 0 unspecified atom stereocenters. The fourth-order valence-corrected chi connectivity index (χ4v) is 9.93. The molecule has 0 atom stereocenters. The molecule has 1 heterocycles. The molecule has 1 aliphatic rings. The van der Waals surface area contributed by atoms with Gasteiger partial charge in [0.05, 0.1) is 0 Å². The molecule has 8 aromatic carbocycles. The molecule has 9 rings (SSSR count). The summed E-state index contributed by atoms with van der Waals surface area (Å²) in [6.45, 7) is 0. The fourth-order valence-electron chi connectivity index (χ4n) is 6.86. The zero-order valence-electron chi connectivity index (χ0n) is 24.8. The summed E-state index contributed by atoms with van der Waals surface area (Å²) in [5.41, 5.74) is 2.07. The van der Waals surface area contributed by atoms with Crippen LogP contribution in [0.15, 0.2) is 164 Å². The Bertz CT molecular complexity index is 2400. The Kier molecular flexibility index (Phi) is 6.09. The molecule has 0 aromatic heterocycles. The van der Waals surface area contributed by atoms with Crippen molar-refractivity contribution in [2.24, 2.45) is 0 Å². The first kappa shape index (κ1) is 26.7. The van der Waals surface area contributed by atoms with Gasteiger partial charge in [0.1, 0.15) is 0 Å². The molecule has 0 spiro atoms. The second-order valence-electron chi connectivity index (χ2n) is 11.6. The van der Waals surface area contributed by atoms with E-state index in [1.54, 1.807) is 0 Å². The first-order valence-electron chi connectivity index (χ1n) is 15.4. The summed E-state index contributed by atoms with van der Waals surface area (Å²) in [4.78, 5) is 0. The van der Waals surface area contributed by atoms with Gasteiger partial charge in [0, 0.05) is 15.9 Å². The molecule has 1 aliphatic heterocycles. The Morgan fingerprint density at radius 1 is 0.391 bits per heavy atom. The molecule has 0 bridgehead atoms. The first-order chi connectivity index (χ1) is 22.7. The highest BCUT2D eigenvalue weighted by molar-refractivity contribution is 7.86. The van der Waals surface area contributed by atoms with E-state index >= 15 is 4.57 Å². The molecular formula is C42H27O3P. The number of benzene rings is 8. The van der Waals surface area contributed by atoms with Crippen LogP contribution in [0.1, 0.15) is 0 Å². The largest absolute Gasteiger partial charge is 0.449 e. The molecule has 0 N–H and O–H groups in total. The number of rotatable bonds is 4. The summed E-state index contributed by atoms with van der Waals surface area (Å²) in [5, 5.41) is 8.70. The highest BCUT2D eigenvalue weighted by Gasteiger charge is 2.34. The maximum Gasteiger partial charge on any atom is 0.172 e. The third-order valence-corrected chi connectivity index (χ3v) is 12.1. The van der Waals surface area contributed by atoms with Crippen LogP contribution in [0.4, 0.5) is 0 Å². The van der Waals surface area contributed by atoms with Gasteiger partial charge < -0.3 is 14.0 Å². The first-order valence-corrected chi connectivity index (χ1v) is 17.1. The predicted molar refractivity (Wildman–Crippen MR) is 190 cm³/mol. The Balaban J connectivity index is 1.29. The highest BCUT2D eigenvalue weighted by atomic mass is 31.2. The van der Waals surface area contributed by atoms with Gasteiger partial charge in [-0.2, -0.15) is 0 Å². The summed E-state index contributed by atoms with van der Waals surface area (Å²) < 4.78 is 28.7. The molecule has 0 aliphatic carbocycles. The summed E-state index contributed by atoms with van der Waals surface area (Å²) >= 11 is 0. The number of hydrogen-bond donors (Lipinski definition) is 0. The van der Waals surface area contributed by atoms with Crippen LogP contribution in [0, 0.1) is 0 Å². The third kappa shape index (κ3) is 4.10. The fraction of sp³-hybridized carbons (Fsp3) is 0.